The molecule has 3 heteroatoms. The fourth-order valence-electron chi connectivity index (χ4n) is 2.64. The number of hydrogen-bond donors (Lipinski definition) is 1. The van der Waals surface area contributed by atoms with Gasteiger partial charge in [-0.15, -0.1) is 0 Å². The van der Waals surface area contributed by atoms with E-state index in [4.69, 9.17) is 5.11 Å². The average molecular weight is 329 g/mol. The highest BCUT2D eigenvalue weighted by Gasteiger charge is 2.24. The zero-order valence-corrected chi connectivity index (χ0v) is 16.5. The Labute approximate surface area is 145 Å². The van der Waals surface area contributed by atoms with E-state index in [1.54, 1.807) is 0 Å². The Bertz CT molecular complexity index is 251. The van der Waals surface area contributed by atoms with E-state index in [-0.39, 0.29) is 5.57 Å². The molecule has 0 aromatic rings. The molecule has 0 atom stereocenters. The first kappa shape index (κ1) is 24.4. The number of nitrogens with zero attached hydrogens (tertiary/aromatic N) is 1. The fraction of sp³-hybridized carbons (Fsp3) is 0.850. The summed E-state index contributed by atoms with van der Waals surface area (Å²) in [6.07, 6.45) is 11.1. The van der Waals surface area contributed by atoms with Crippen LogP contribution in [0, 0.1) is 0 Å². The lowest BCUT2D eigenvalue weighted by Gasteiger charge is -2.39. The maximum atomic E-state index is 9.60. The second-order valence-electron chi connectivity index (χ2n) is 6.74. The van der Waals surface area contributed by atoms with Crippen molar-refractivity contribution in [1.82, 2.24) is 0 Å². The van der Waals surface area contributed by atoms with Gasteiger partial charge >= 0.3 is 5.97 Å². The molecule has 0 aromatic carbocycles. The van der Waals surface area contributed by atoms with E-state index in [2.05, 4.69) is 34.3 Å². The quantitative estimate of drug-likeness (QED) is 0.350. The molecule has 0 bridgehead atoms. The zero-order chi connectivity index (χ0) is 18.1. The Morgan fingerprint density at radius 1 is 0.783 bits per heavy atom. The Balaban J connectivity index is 0. The lowest BCUT2D eigenvalue weighted by Crippen LogP contribution is -2.50. The minimum absolute atomic E-state index is 0.176. The Morgan fingerprint density at radius 3 is 1.13 bits per heavy atom. The highest BCUT2D eigenvalue weighted by atomic mass is 16.4. The zero-order valence-electron chi connectivity index (χ0n) is 16.5. The lowest BCUT2D eigenvalue weighted by molar-refractivity contribution is -0.929. The smallest absolute Gasteiger partial charge is 0.330 e. The molecule has 0 heterocycles. The first-order valence-electron chi connectivity index (χ1n) is 9.62. The number of rotatable bonds is 13. The third-order valence-electron chi connectivity index (χ3n) is 4.31. The molecule has 0 aliphatic heterocycles. The van der Waals surface area contributed by atoms with Gasteiger partial charge in [0.25, 0.3) is 0 Å². The number of carboxylic acid groups (broad SMARTS) is 1. The summed E-state index contributed by atoms with van der Waals surface area (Å²) in [6, 6.07) is 0. The first-order chi connectivity index (χ1) is 10.9. The van der Waals surface area contributed by atoms with Gasteiger partial charge in [-0.05, 0) is 32.6 Å². The van der Waals surface area contributed by atoms with Crippen molar-refractivity contribution in [3.05, 3.63) is 12.2 Å². The van der Waals surface area contributed by atoms with E-state index < -0.39 is 5.97 Å². The van der Waals surface area contributed by atoms with E-state index in [1.165, 1.54) is 89.0 Å². The largest absolute Gasteiger partial charge is 0.478 e. The van der Waals surface area contributed by atoms with Gasteiger partial charge in [0.05, 0.1) is 26.2 Å². The van der Waals surface area contributed by atoms with Gasteiger partial charge in [0, 0.05) is 5.57 Å². The molecule has 0 aromatic heterocycles. The highest BCUT2D eigenvalue weighted by Crippen LogP contribution is 2.16. The molecule has 3 nitrogen and oxygen atoms in total. The summed E-state index contributed by atoms with van der Waals surface area (Å²) in [5, 5.41) is 7.89. The third kappa shape index (κ3) is 14.5. The van der Waals surface area contributed by atoms with Gasteiger partial charge in [-0.1, -0.05) is 60.0 Å². The average Bonchev–Trinajstić information content (AvgIpc) is 2.54. The van der Waals surface area contributed by atoms with Crippen LogP contribution in [0.25, 0.3) is 0 Å². The van der Waals surface area contributed by atoms with Gasteiger partial charge in [0.1, 0.15) is 0 Å². The van der Waals surface area contributed by atoms with Crippen LogP contribution in [-0.2, 0) is 4.79 Å². The van der Waals surface area contributed by atoms with Gasteiger partial charge < -0.3 is 9.59 Å². The van der Waals surface area contributed by atoms with Crippen LogP contribution in [0.4, 0.5) is 0 Å². The van der Waals surface area contributed by atoms with Crippen molar-refractivity contribution in [2.45, 2.75) is 86.0 Å². The molecular formula is C20H42NO2+. The summed E-state index contributed by atoms with van der Waals surface area (Å²) in [5.41, 5.74) is 0.176. The van der Waals surface area contributed by atoms with Crippen molar-refractivity contribution in [2.24, 2.45) is 0 Å². The molecule has 138 valence electrons. The molecule has 0 spiro atoms. The molecule has 0 rings (SSSR count). The van der Waals surface area contributed by atoms with Gasteiger partial charge in [-0.3, -0.25) is 0 Å². The summed E-state index contributed by atoms with van der Waals surface area (Å²) in [7, 11) is 0. The molecule has 0 fully saturated rings. The predicted molar refractivity (Wildman–Crippen MR) is 102 cm³/mol. The molecule has 1 N–H and O–H groups in total. The number of quaternary nitrogens is 1. The third-order valence-corrected chi connectivity index (χ3v) is 4.31. The maximum absolute atomic E-state index is 9.60. The second kappa shape index (κ2) is 16.0. The van der Waals surface area contributed by atoms with Crippen LogP contribution in [-0.4, -0.2) is 41.7 Å². The van der Waals surface area contributed by atoms with Gasteiger partial charge in [0.2, 0.25) is 0 Å². The SMILES string of the molecule is C=C(C)C(=O)O.CCCC[N+](CCCC)(CCCC)CCCC. The Hall–Kier alpha value is -0.830. The molecule has 0 unspecified atom stereocenters. The highest BCUT2D eigenvalue weighted by molar-refractivity contribution is 5.84. The molecule has 0 saturated carbocycles. The van der Waals surface area contributed by atoms with Crippen LogP contribution in [0.1, 0.15) is 86.0 Å². The first-order valence-corrected chi connectivity index (χ1v) is 9.62. The number of carboxylic acids is 1. The van der Waals surface area contributed by atoms with Crippen molar-refractivity contribution in [2.75, 3.05) is 26.2 Å². The van der Waals surface area contributed by atoms with Gasteiger partial charge in [0.15, 0.2) is 0 Å². The molecule has 0 amide bonds. The molecule has 0 saturated heterocycles. The van der Waals surface area contributed by atoms with Gasteiger partial charge in [-0.2, -0.15) is 0 Å². The van der Waals surface area contributed by atoms with E-state index in [9.17, 15) is 4.79 Å². The summed E-state index contributed by atoms with van der Waals surface area (Å²) in [4.78, 5) is 9.60. The van der Waals surface area contributed by atoms with Crippen molar-refractivity contribution in [3.8, 4) is 0 Å². The predicted octanol–water partition coefficient (Wildman–Crippen LogP) is 5.65. The van der Waals surface area contributed by atoms with Crippen LogP contribution >= 0.6 is 0 Å². The number of unbranched alkanes of at least 4 members (excludes halogenated alkanes) is 4. The molecular weight excluding hydrogens is 286 g/mol. The van der Waals surface area contributed by atoms with Crippen molar-refractivity contribution >= 4 is 5.97 Å². The molecule has 0 radical (unpaired) electrons. The topological polar surface area (TPSA) is 37.3 Å². The van der Waals surface area contributed by atoms with Crippen LogP contribution in [0.15, 0.2) is 12.2 Å². The fourth-order valence-corrected chi connectivity index (χ4v) is 2.64. The second-order valence-corrected chi connectivity index (χ2v) is 6.74. The van der Waals surface area contributed by atoms with E-state index in [0.29, 0.717) is 0 Å². The minimum Gasteiger partial charge on any atom is -0.478 e. The summed E-state index contributed by atoms with van der Waals surface area (Å²) >= 11 is 0. The molecule has 0 aliphatic carbocycles. The maximum Gasteiger partial charge on any atom is 0.330 e. The molecule has 23 heavy (non-hydrogen) atoms. The van der Waals surface area contributed by atoms with Crippen LogP contribution in [0.2, 0.25) is 0 Å². The summed E-state index contributed by atoms with van der Waals surface area (Å²) in [5.74, 6) is -0.935. The summed E-state index contributed by atoms with van der Waals surface area (Å²) in [6.45, 7) is 19.6. The van der Waals surface area contributed by atoms with E-state index in [1.807, 2.05) is 0 Å². The van der Waals surface area contributed by atoms with Crippen molar-refractivity contribution in [3.63, 3.8) is 0 Å². The van der Waals surface area contributed by atoms with E-state index in [0.717, 1.165) is 0 Å². The van der Waals surface area contributed by atoms with Gasteiger partial charge in [-0.25, -0.2) is 4.79 Å². The minimum atomic E-state index is -0.935. The number of hydrogen-bond acceptors (Lipinski definition) is 1. The van der Waals surface area contributed by atoms with Crippen LogP contribution < -0.4 is 0 Å². The van der Waals surface area contributed by atoms with Crippen LogP contribution in [0.3, 0.4) is 0 Å². The molecule has 0 aliphatic rings. The Morgan fingerprint density at radius 2 is 1.00 bits per heavy atom. The van der Waals surface area contributed by atoms with Crippen molar-refractivity contribution < 1.29 is 14.4 Å². The normalized spacial score (nSPS) is 10.8. The lowest BCUT2D eigenvalue weighted by atomic mass is 10.1. The number of aliphatic carboxylic acids is 1. The summed E-state index contributed by atoms with van der Waals surface area (Å²) < 4.78 is 1.42. The standard InChI is InChI=1S/C16H36N.C4H6O2/c1-5-9-13-17(14-10-6-2,15-11-7-3)16-12-8-4;1-3(2)4(5)6/h5-16H2,1-4H3;1H2,2H3,(H,5,6)/q+1;. The van der Waals surface area contributed by atoms with E-state index >= 15 is 0 Å². The number of carbonyl (C=O) groups is 1. The monoisotopic (exact) mass is 328 g/mol. The van der Waals surface area contributed by atoms with Crippen LogP contribution in [0.5, 0.6) is 0 Å². The van der Waals surface area contributed by atoms with Crippen molar-refractivity contribution in [1.29, 1.82) is 0 Å². The Kier molecular flexibility index (Phi) is 17.0.